The summed E-state index contributed by atoms with van der Waals surface area (Å²) < 4.78 is 18.9. The van der Waals surface area contributed by atoms with Gasteiger partial charge in [0.25, 0.3) is 0 Å². The Morgan fingerprint density at radius 1 is 0.679 bits per heavy atom. The van der Waals surface area contributed by atoms with Gasteiger partial charge in [-0.2, -0.15) is 0 Å². The second kappa shape index (κ2) is 8.59. The van der Waals surface area contributed by atoms with E-state index in [-0.39, 0.29) is 5.82 Å². The Hall–Kier alpha value is -3.31. The first kappa shape index (κ1) is 18.1. The van der Waals surface area contributed by atoms with Crippen LogP contribution in [-0.4, -0.2) is 15.1 Å². The maximum Gasteiger partial charge on any atom is 0.247 e. The second-order valence-electron chi connectivity index (χ2n) is 6.62. The molecule has 0 radical (unpaired) electrons. The molecule has 0 saturated heterocycles. The van der Waals surface area contributed by atoms with Gasteiger partial charge in [-0.15, -0.1) is 10.2 Å². The van der Waals surface area contributed by atoms with Crippen molar-refractivity contribution in [1.82, 2.24) is 15.1 Å². The molecule has 0 aliphatic rings. The van der Waals surface area contributed by atoms with Crippen LogP contribution in [0.2, 0.25) is 0 Å². The van der Waals surface area contributed by atoms with Crippen LogP contribution in [0.15, 0.2) is 89.3 Å². The molecule has 0 N–H and O–H groups in total. The van der Waals surface area contributed by atoms with Gasteiger partial charge in [0, 0.05) is 18.7 Å². The van der Waals surface area contributed by atoms with Crippen molar-refractivity contribution in [3.63, 3.8) is 0 Å². The quantitative estimate of drug-likeness (QED) is 0.453. The zero-order valence-corrected chi connectivity index (χ0v) is 15.3. The highest BCUT2D eigenvalue weighted by Crippen LogP contribution is 2.20. The summed E-state index contributed by atoms with van der Waals surface area (Å²) in [7, 11) is 0. The molecule has 140 valence electrons. The largest absolute Gasteiger partial charge is 0.419 e. The van der Waals surface area contributed by atoms with E-state index in [9.17, 15) is 4.39 Å². The number of nitrogens with zero attached hydrogens (tertiary/aromatic N) is 3. The van der Waals surface area contributed by atoms with Crippen LogP contribution in [0.5, 0.6) is 0 Å². The van der Waals surface area contributed by atoms with Crippen molar-refractivity contribution in [2.75, 3.05) is 0 Å². The molecular formula is C23H20FN3O. The minimum Gasteiger partial charge on any atom is -0.419 e. The van der Waals surface area contributed by atoms with E-state index in [0.717, 1.165) is 13.1 Å². The first-order valence-corrected chi connectivity index (χ1v) is 9.15. The van der Waals surface area contributed by atoms with Crippen LogP contribution in [-0.2, 0) is 19.6 Å². The average molecular weight is 373 g/mol. The molecule has 3 aromatic carbocycles. The van der Waals surface area contributed by atoms with Gasteiger partial charge in [0.15, 0.2) is 0 Å². The lowest BCUT2D eigenvalue weighted by Crippen LogP contribution is -2.22. The number of hydrogen-bond acceptors (Lipinski definition) is 4. The van der Waals surface area contributed by atoms with Crippen LogP contribution in [0.25, 0.3) is 11.5 Å². The molecule has 4 aromatic rings. The molecular weight excluding hydrogens is 353 g/mol. The fraction of sp³-hybridized carbons (Fsp3) is 0.130. The number of aromatic nitrogens is 2. The number of rotatable bonds is 7. The average Bonchev–Trinajstić information content (AvgIpc) is 3.18. The zero-order valence-electron chi connectivity index (χ0n) is 15.3. The Bertz CT molecular complexity index is 959. The molecule has 1 heterocycles. The van der Waals surface area contributed by atoms with E-state index in [0.29, 0.717) is 23.9 Å². The molecule has 0 bridgehead atoms. The summed E-state index contributed by atoms with van der Waals surface area (Å²) in [5, 5.41) is 8.30. The van der Waals surface area contributed by atoms with Crippen molar-refractivity contribution >= 4 is 0 Å². The summed E-state index contributed by atoms with van der Waals surface area (Å²) in [4.78, 5) is 2.26. The Labute approximate surface area is 163 Å². The molecule has 0 amide bonds. The predicted molar refractivity (Wildman–Crippen MR) is 106 cm³/mol. The van der Waals surface area contributed by atoms with Gasteiger partial charge in [0.05, 0.1) is 6.54 Å². The molecule has 4 nitrogen and oxygen atoms in total. The van der Waals surface area contributed by atoms with Gasteiger partial charge < -0.3 is 4.42 Å². The summed E-state index contributed by atoms with van der Waals surface area (Å²) in [6, 6.07) is 26.6. The number of halogens is 1. The standard InChI is InChI=1S/C23H20FN3O/c24-21-13-11-20(12-14-21)23-26-25-22(28-23)17-27(15-18-7-3-1-4-8-18)16-19-9-5-2-6-10-19/h1-14H,15-17H2. The Morgan fingerprint density at radius 3 is 1.82 bits per heavy atom. The van der Waals surface area contributed by atoms with Crippen molar-refractivity contribution < 1.29 is 8.81 Å². The molecule has 0 atom stereocenters. The maximum absolute atomic E-state index is 13.1. The van der Waals surface area contributed by atoms with Crippen LogP contribution in [0, 0.1) is 5.82 Å². The molecule has 0 saturated carbocycles. The third-order valence-electron chi connectivity index (χ3n) is 4.41. The molecule has 0 spiro atoms. The van der Waals surface area contributed by atoms with Crippen molar-refractivity contribution in [3.05, 3.63) is 108 Å². The summed E-state index contributed by atoms with van der Waals surface area (Å²) in [6.45, 7) is 2.06. The van der Waals surface area contributed by atoms with E-state index in [4.69, 9.17) is 4.42 Å². The first-order chi connectivity index (χ1) is 13.8. The molecule has 0 aliphatic heterocycles. The van der Waals surface area contributed by atoms with Crippen LogP contribution in [0.3, 0.4) is 0 Å². The molecule has 28 heavy (non-hydrogen) atoms. The molecule has 0 unspecified atom stereocenters. The van der Waals surface area contributed by atoms with Gasteiger partial charge >= 0.3 is 0 Å². The van der Waals surface area contributed by atoms with E-state index >= 15 is 0 Å². The van der Waals surface area contributed by atoms with Gasteiger partial charge in [-0.1, -0.05) is 60.7 Å². The lowest BCUT2D eigenvalue weighted by molar-refractivity contribution is 0.223. The lowest BCUT2D eigenvalue weighted by Gasteiger charge is -2.20. The van der Waals surface area contributed by atoms with Crippen LogP contribution in [0.4, 0.5) is 4.39 Å². The lowest BCUT2D eigenvalue weighted by atomic mass is 10.1. The highest BCUT2D eigenvalue weighted by molar-refractivity contribution is 5.51. The Balaban J connectivity index is 1.52. The fourth-order valence-corrected chi connectivity index (χ4v) is 3.07. The van der Waals surface area contributed by atoms with Crippen molar-refractivity contribution in [2.24, 2.45) is 0 Å². The third-order valence-corrected chi connectivity index (χ3v) is 4.41. The topological polar surface area (TPSA) is 42.2 Å². The number of hydrogen-bond donors (Lipinski definition) is 0. The van der Waals surface area contributed by atoms with Crippen LogP contribution >= 0.6 is 0 Å². The number of benzene rings is 3. The Morgan fingerprint density at radius 2 is 1.25 bits per heavy atom. The van der Waals surface area contributed by atoms with Crippen molar-refractivity contribution in [3.8, 4) is 11.5 Å². The summed E-state index contributed by atoms with van der Waals surface area (Å²) in [5.74, 6) is 0.640. The van der Waals surface area contributed by atoms with Crippen molar-refractivity contribution in [1.29, 1.82) is 0 Å². The molecule has 0 aliphatic carbocycles. The third kappa shape index (κ3) is 4.69. The highest BCUT2D eigenvalue weighted by Gasteiger charge is 2.14. The van der Waals surface area contributed by atoms with E-state index < -0.39 is 0 Å². The maximum atomic E-state index is 13.1. The highest BCUT2D eigenvalue weighted by atomic mass is 19.1. The Kier molecular flexibility index (Phi) is 5.54. The minimum absolute atomic E-state index is 0.291. The van der Waals surface area contributed by atoms with Gasteiger partial charge in [-0.05, 0) is 35.4 Å². The predicted octanol–water partition coefficient (Wildman–Crippen LogP) is 5.08. The van der Waals surface area contributed by atoms with Crippen LogP contribution < -0.4 is 0 Å². The minimum atomic E-state index is -0.291. The summed E-state index contributed by atoms with van der Waals surface area (Å²) in [6.07, 6.45) is 0. The van der Waals surface area contributed by atoms with E-state index in [1.54, 1.807) is 12.1 Å². The fourth-order valence-electron chi connectivity index (χ4n) is 3.07. The monoisotopic (exact) mass is 373 g/mol. The SMILES string of the molecule is Fc1ccc(-c2nnc(CN(Cc3ccccc3)Cc3ccccc3)o2)cc1. The summed E-state index contributed by atoms with van der Waals surface area (Å²) >= 11 is 0. The summed E-state index contributed by atoms with van der Waals surface area (Å²) in [5.41, 5.74) is 3.14. The smallest absolute Gasteiger partial charge is 0.247 e. The molecule has 0 fully saturated rings. The van der Waals surface area contributed by atoms with Gasteiger partial charge in [0.1, 0.15) is 5.82 Å². The van der Waals surface area contributed by atoms with Gasteiger partial charge in [0.2, 0.25) is 11.8 Å². The second-order valence-corrected chi connectivity index (χ2v) is 6.62. The van der Waals surface area contributed by atoms with E-state index in [1.807, 2.05) is 36.4 Å². The normalized spacial score (nSPS) is 11.1. The zero-order chi connectivity index (χ0) is 19.2. The molecule has 1 aromatic heterocycles. The van der Waals surface area contributed by atoms with Gasteiger partial charge in [-0.25, -0.2) is 4.39 Å². The first-order valence-electron chi connectivity index (χ1n) is 9.15. The molecule has 4 rings (SSSR count). The van der Waals surface area contributed by atoms with E-state index in [2.05, 4.69) is 39.4 Å². The van der Waals surface area contributed by atoms with Crippen molar-refractivity contribution in [2.45, 2.75) is 19.6 Å². The molecule has 5 heteroatoms. The van der Waals surface area contributed by atoms with E-state index in [1.165, 1.54) is 23.3 Å². The van der Waals surface area contributed by atoms with Crippen LogP contribution in [0.1, 0.15) is 17.0 Å². The van der Waals surface area contributed by atoms with Gasteiger partial charge in [-0.3, -0.25) is 4.90 Å².